The van der Waals surface area contributed by atoms with Crippen LogP contribution in [0.15, 0.2) is 111 Å². The number of hydrogen-bond donors (Lipinski definition) is 2. The lowest BCUT2D eigenvalue weighted by molar-refractivity contribution is -0.120. The van der Waals surface area contributed by atoms with Gasteiger partial charge in [-0.15, -0.1) is 0 Å². The van der Waals surface area contributed by atoms with Crippen LogP contribution >= 0.6 is 0 Å². The maximum atomic E-state index is 11.5. The molecule has 3 aromatic rings. The summed E-state index contributed by atoms with van der Waals surface area (Å²) in [5, 5.41) is 22.9. The Kier molecular flexibility index (Phi) is 10.4. The standard InChI is InChI=1S/C16H19N3O.C16H17N3O/c1-12-8-4-5-10-15(12)18-19-16(17-14(3)20)11-7-6-9-13(16)2;1-11-12(2)16(10-9-15(11)17-13(3)20)19-18-14-7-5-4-6-8-14/h4-11,13H,1-3H3,(H,17,20);4-10H,1-3H3,(H,17,20). The smallest absolute Gasteiger partial charge is 0.221 e. The van der Waals surface area contributed by atoms with Gasteiger partial charge in [0.2, 0.25) is 11.8 Å². The Balaban J connectivity index is 0.000000220. The number of azo groups is 2. The lowest BCUT2D eigenvalue weighted by atomic mass is 9.90. The van der Waals surface area contributed by atoms with E-state index in [0.29, 0.717) is 0 Å². The fourth-order valence-corrected chi connectivity index (χ4v) is 3.98. The molecule has 0 saturated carbocycles. The first-order chi connectivity index (χ1) is 19.1. The quantitative estimate of drug-likeness (QED) is 0.309. The maximum Gasteiger partial charge on any atom is 0.221 e. The Hall–Kier alpha value is -4.72. The van der Waals surface area contributed by atoms with E-state index >= 15 is 0 Å². The second kappa shape index (κ2) is 13.9. The molecule has 1 aliphatic rings. The molecule has 1 aliphatic carbocycles. The summed E-state index contributed by atoms with van der Waals surface area (Å²) in [5.41, 5.74) is 5.51. The minimum atomic E-state index is -0.803. The molecule has 0 aromatic heterocycles. The highest BCUT2D eigenvalue weighted by Crippen LogP contribution is 2.30. The number of hydrogen-bond acceptors (Lipinski definition) is 6. The van der Waals surface area contributed by atoms with Gasteiger partial charge in [0.15, 0.2) is 5.66 Å². The van der Waals surface area contributed by atoms with E-state index in [1.165, 1.54) is 13.8 Å². The van der Waals surface area contributed by atoms with E-state index in [-0.39, 0.29) is 17.7 Å². The van der Waals surface area contributed by atoms with Crippen LogP contribution in [-0.4, -0.2) is 17.5 Å². The summed E-state index contributed by atoms with van der Waals surface area (Å²) in [4.78, 5) is 22.6. The minimum Gasteiger partial charge on any atom is -0.327 e. The monoisotopic (exact) mass is 536 g/mol. The number of allylic oxidation sites excluding steroid dienone is 2. The molecule has 2 amide bonds. The predicted molar refractivity (Wildman–Crippen MR) is 161 cm³/mol. The molecule has 3 aromatic carbocycles. The molecular weight excluding hydrogens is 500 g/mol. The van der Waals surface area contributed by atoms with Gasteiger partial charge in [-0.2, -0.15) is 20.5 Å². The highest BCUT2D eigenvalue weighted by Gasteiger charge is 2.34. The third-order valence-electron chi connectivity index (χ3n) is 6.47. The molecule has 0 aliphatic heterocycles. The van der Waals surface area contributed by atoms with Crippen molar-refractivity contribution in [3.8, 4) is 0 Å². The van der Waals surface area contributed by atoms with Crippen molar-refractivity contribution >= 4 is 34.6 Å². The van der Waals surface area contributed by atoms with Crippen molar-refractivity contribution in [3.63, 3.8) is 0 Å². The summed E-state index contributed by atoms with van der Waals surface area (Å²) < 4.78 is 0. The first-order valence-corrected chi connectivity index (χ1v) is 13.1. The highest BCUT2D eigenvalue weighted by molar-refractivity contribution is 5.90. The first kappa shape index (κ1) is 29.8. The zero-order valence-electron chi connectivity index (χ0n) is 23.8. The topological polar surface area (TPSA) is 108 Å². The van der Waals surface area contributed by atoms with Crippen LogP contribution in [0.2, 0.25) is 0 Å². The third-order valence-corrected chi connectivity index (χ3v) is 6.47. The number of rotatable bonds is 6. The number of anilines is 1. The molecule has 0 saturated heterocycles. The number of benzene rings is 3. The van der Waals surface area contributed by atoms with Crippen molar-refractivity contribution in [1.82, 2.24) is 5.32 Å². The van der Waals surface area contributed by atoms with E-state index < -0.39 is 5.66 Å². The minimum absolute atomic E-state index is 0.0455. The van der Waals surface area contributed by atoms with Crippen LogP contribution in [0.25, 0.3) is 0 Å². The van der Waals surface area contributed by atoms with Gasteiger partial charge in [-0.05, 0) is 73.9 Å². The van der Waals surface area contributed by atoms with Crippen molar-refractivity contribution in [2.45, 2.75) is 47.2 Å². The fraction of sp³-hybridized carbons (Fsp3) is 0.250. The van der Waals surface area contributed by atoms with E-state index in [2.05, 4.69) is 31.1 Å². The van der Waals surface area contributed by atoms with Gasteiger partial charge in [0.1, 0.15) is 0 Å². The number of nitrogens with one attached hydrogen (secondary N) is 2. The number of amides is 2. The Morgan fingerprint density at radius 3 is 2.10 bits per heavy atom. The molecule has 4 rings (SSSR count). The molecule has 8 nitrogen and oxygen atoms in total. The molecule has 2 atom stereocenters. The van der Waals surface area contributed by atoms with E-state index in [1.807, 2.05) is 119 Å². The lowest BCUT2D eigenvalue weighted by Gasteiger charge is -2.32. The Morgan fingerprint density at radius 1 is 0.750 bits per heavy atom. The fourth-order valence-electron chi connectivity index (χ4n) is 3.98. The van der Waals surface area contributed by atoms with Crippen LogP contribution < -0.4 is 10.6 Å². The van der Waals surface area contributed by atoms with Gasteiger partial charge in [0, 0.05) is 25.5 Å². The second-order valence-corrected chi connectivity index (χ2v) is 9.62. The molecule has 0 heterocycles. The molecule has 8 heteroatoms. The van der Waals surface area contributed by atoms with Crippen molar-refractivity contribution in [2.24, 2.45) is 26.4 Å². The summed E-state index contributed by atoms with van der Waals surface area (Å²) in [6, 6.07) is 21.1. The average molecular weight is 537 g/mol. The summed E-state index contributed by atoms with van der Waals surface area (Å²) in [7, 11) is 0. The van der Waals surface area contributed by atoms with Gasteiger partial charge in [-0.25, -0.2) is 0 Å². The molecular formula is C32H36N6O2. The Morgan fingerprint density at radius 2 is 1.45 bits per heavy atom. The zero-order valence-corrected chi connectivity index (χ0v) is 23.8. The lowest BCUT2D eigenvalue weighted by Crippen LogP contribution is -2.49. The van der Waals surface area contributed by atoms with Crippen molar-refractivity contribution in [1.29, 1.82) is 0 Å². The van der Waals surface area contributed by atoms with Crippen molar-refractivity contribution < 1.29 is 9.59 Å². The summed E-state index contributed by atoms with van der Waals surface area (Å²) in [5.74, 6) is -0.157. The molecule has 0 spiro atoms. The maximum absolute atomic E-state index is 11.5. The average Bonchev–Trinajstić information content (AvgIpc) is 2.92. The molecule has 40 heavy (non-hydrogen) atoms. The van der Waals surface area contributed by atoms with Crippen LogP contribution in [0.1, 0.15) is 37.5 Å². The molecule has 0 radical (unpaired) electrons. The van der Waals surface area contributed by atoms with Crippen LogP contribution in [0.4, 0.5) is 22.7 Å². The Labute approximate surface area is 236 Å². The molecule has 2 unspecified atom stereocenters. The van der Waals surface area contributed by atoms with E-state index in [1.54, 1.807) is 0 Å². The summed E-state index contributed by atoms with van der Waals surface area (Å²) in [6.45, 7) is 10.9. The number of aryl methyl sites for hydroxylation is 1. The van der Waals surface area contributed by atoms with Gasteiger partial charge in [-0.1, -0.05) is 61.5 Å². The van der Waals surface area contributed by atoms with Gasteiger partial charge in [0.25, 0.3) is 0 Å². The molecule has 0 fully saturated rings. The number of nitrogens with zero attached hydrogens (tertiary/aromatic N) is 4. The number of carbonyl (C=O) groups excluding carboxylic acids is 2. The zero-order chi connectivity index (χ0) is 29.1. The third kappa shape index (κ3) is 8.14. The van der Waals surface area contributed by atoms with Crippen molar-refractivity contribution in [2.75, 3.05) is 5.32 Å². The summed E-state index contributed by atoms with van der Waals surface area (Å²) >= 11 is 0. The molecule has 0 bridgehead atoms. The second-order valence-electron chi connectivity index (χ2n) is 9.62. The van der Waals surface area contributed by atoms with Gasteiger partial charge in [0.05, 0.1) is 17.1 Å². The molecule has 206 valence electrons. The van der Waals surface area contributed by atoms with Crippen LogP contribution in [0, 0.1) is 26.7 Å². The first-order valence-electron chi connectivity index (χ1n) is 13.1. The van der Waals surface area contributed by atoms with E-state index in [4.69, 9.17) is 0 Å². The van der Waals surface area contributed by atoms with Gasteiger partial charge >= 0.3 is 0 Å². The normalized spacial score (nSPS) is 17.9. The molecule has 2 N–H and O–H groups in total. The number of carbonyl (C=O) groups is 2. The Bertz CT molecular complexity index is 1460. The van der Waals surface area contributed by atoms with E-state index in [0.717, 1.165) is 39.4 Å². The van der Waals surface area contributed by atoms with Gasteiger partial charge < -0.3 is 10.6 Å². The largest absolute Gasteiger partial charge is 0.327 e. The van der Waals surface area contributed by atoms with Crippen molar-refractivity contribution in [3.05, 3.63) is 108 Å². The van der Waals surface area contributed by atoms with Crippen LogP contribution in [0.3, 0.4) is 0 Å². The SMILES string of the molecule is CC(=O)NC1(N=Nc2ccccc2C)C=CC=CC1C.CC(=O)Nc1ccc(N=Nc2ccccc2)c(C)c1C. The van der Waals surface area contributed by atoms with Gasteiger partial charge in [-0.3, -0.25) is 9.59 Å². The van der Waals surface area contributed by atoms with Crippen LogP contribution in [-0.2, 0) is 9.59 Å². The predicted octanol–water partition coefficient (Wildman–Crippen LogP) is 8.35. The highest BCUT2D eigenvalue weighted by atomic mass is 16.2. The summed E-state index contributed by atoms with van der Waals surface area (Å²) in [6.07, 6.45) is 7.72. The van der Waals surface area contributed by atoms with E-state index in [9.17, 15) is 9.59 Å². The van der Waals surface area contributed by atoms with Crippen LogP contribution in [0.5, 0.6) is 0 Å².